The molecule has 0 saturated carbocycles. The van der Waals surface area contributed by atoms with Crippen LogP contribution in [0.1, 0.15) is 38.3 Å². The van der Waals surface area contributed by atoms with Gasteiger partial charge in [0.2, 0.25) is 11.8 Å². The number of nitrogens with one attached hydrogen (secondary N) is 1. The van der Waals surface area contributed by atoms with Crippen LogP contribution in [0.3, 0.4) is 0 Å². The van der Waals surface area contributed by atoms with Gasteiger partial charge in [-0.05, 0) is 47.7 Å². The molecule has 1 atom stereocenters. The molecule has 0 spiro atoms. The smallest absolute Gasteiger partial charge is 0.242 e. The SMILES string of the molecule is CC[C@H](C(=O)NCC(C)C)N(Cc1ccc(F)cc1)C(=O)CSCc1cccc(Cl)c1. The standard InChI is InChI=1S/C24H30ClFN2O2S/c1-4-22(24(30)27-13-17(2)3)28(14-18-8-10-21(26)11-9-18)23(29)16-31-15-19-6-5-7-20(25)12-19/h5-12,17,22H,4,13-16H2,1-3H3,(H,27,30)/t22-/m1/s1. The summed E-state index contributed by atoms with van der Waals surface area (Å²) in [6.45, 7) is 6.75. The lowest BCUT2D eigenvalue weighted by atomic mass is 10.1. The molecule has 7 heteroatoms. The highest BCUT2D eigenvalue weighted by Gasteiger charge is 2.28. The fourth-order valence-electron chi connectivity index (χ4n) is 3.09. The number of rotatable bonds is 11. The second-order valence-corrected chi connectivity index (χ2v) is 9.26. The highest BCUT2D eigenvalue weighted by atomic mass is 35.5. The average molecular weight is 465 g/mol. The summed E-state index contributed by atoms with van der Waals surface area (Å²) in [6.07, 6.45) is 0.496. The van der Waals surface area contributed by atoms with Gasteiger partial charge in [0, 0.05) is 23.9 Å². The molecule has 168 valence electrons. The van der Waals surface area contributed by atoms with Crippen molar-refractivity contribution >= 4 is 35.2 Å². The molecule has 0 saturated heterocycles. The van der Waals surface area contributed by atoms with Crippen molar-refractivity contribution in [1.29, 1.82) is 0 Å². The van der Waals surface area contributed by atoms with Crippen LogP contribution >= 0.6 is 23.4 Å². The first kappa shape index (κ1) is 25.2. The molecule has 0 heterocycles. The number of nitrogens with zero attached hydrogens (tertiary/aromatic N) is 1. The van der Waals surface area contributed by atoms with E-state index in [0.29, 0.717) is 29.7 Å². The van der Waals surface area contributed by atoms with Gasteiger partial charge in [0.15, 0.2) is 0 Å². The Morgan fingerprint density at radius 2 is 1.84 bits per heavy atom. The van der Waals surface area contributed by atoms with Gasteiger partial charge in [0.25, 0.3) is 0 Å². The number of carbonyl (C=O) groups is 2. The number of hydrogen-bond donors (Lipinski definition) is 1. The molecule has 0 radical (unpaired) electrons. The van der Waals surface area contributed by atoms with E-state index < -0.39 is 6.04 Å². The first-order valence-corrected chi connectivity index (χ1v) is 12.0. The van der Waals surface area contributed by atoms with Crippen molar-refractivity contribution in [2.45, 2.75) is 45.5 Å². The fourth-order valence-corrected chi connectivity index (χ4v) is 4.17. The Hall–Kier alpha value is -2.05. The number of benzene rings is 2. The molecule has 2 aromatic carbocycles. The van der Waals surface area contributed by atoms with E-state index in [1.54, 1.807) is 17.0 Å². The molecule has 0 aliphatic heterocycles. The Balaban J connectivity index is 2.11. The topological polar surface area (TPSA) is 49.4 Å². The second kappa shape index (κ2) is 12.7. The molecule has 4 nitrogen and oxygen atoms in total. The maximum absolute atomic E-state index is 13.3. The lowest BCUT2D eigenvalue weighted by molar-refractivity contribution is -0.139. The van der Waals surface area contributed by atoms with Crippen LogP contribution in [0.2, 0.25) is 5.02 Å². The molecule has 1 N–H and O–H groups in total. The van der Waals surface area contributed by atoms with Crippen molar-refractivity contribution in [1.82, 2.24) is 10.2 Å². The van der Waals surface area contributed by atoms with E-state index in [4.69, 9.17) is 11.6 Å². The average Bonchev–Trinajstić information content (AvgIpc) is 2.73. The summed E-state index contributed by atoms with van der Waals surface area (Å²) in [5, 5.41) is 3.60. The summed E-state index contributed by atoms with van der Waals surface area (Å²) in [6, 6.07) is 13.0. The largest absolute Gasteiger partial charge is 0.354 e. The summed E-state index contributed by atoms with van der Waals surface area (Å²) in [4.78, 5) is 27.6. The zero-order valence-corrected chi connectivity index (χ0v) is 19.8. The van der Waals surface area contributed by atoms with Crippen molar-refractivity contribution in [3.05, 3.63) is 70.5 Å². The first-order chi connectivity index (χ1) is 14.8. The Morgan fingerprint density at radius 3 is 2.45 bits per heavy atom. The zero-order chi connectivity index (χ0) is 22.8. The van der Waals surface area contributed by atoms with Crippen LogP contribution in [-0.2, 0) is 21.9 Å². The van der Waals surface area contributed by atoms with Gasteiger partial charge in [0.05, 0.1) is 5.75 Å². The Labute approximate surface area is 193 Å². The maximum Gasteiger partial charge on any atom is 0.242 e. The molecular formula is C24H30ClFN2O2S. The molecule has 0 unspecified atom stereocenters. The summed E-state index contributed by atoms with van der Waals surface area (Å²) >= 11 is 7.51. The van der Waals surface area contributed by atoms with Gasteiger partial charge in [0.1, 0.15) is 11.9 Å². The third kappa shape index (κ3) is 8.54. The van der Waals surface area contributed by atoms with E-state index in [2.05, 4.69) is 5.32 Å². The predicted molar refractivity (Wildman–Crippen MR) is 126 cm³/mol. The minimum Gasteiger partial charge on any atom is -0.354 e. The van der Waals surface area contributed by atoms with Crippen molar-refractivity contribution in [2.75, 3.05) is 12.3 Å². The minimum atomic E-state index is -0.580. The highest BCUT2D eigenvalue weighted by molar-refractivity contribution is 7.99. The second-order valence-electron chi connectivity index (χ2n) is 7.83. The quantitative estimate of drug-likeness (QED) is 0.491. The van der Waals surface area contributed by atoms with Gasteiger partial charge in [-0.15, -0.1) is 11.8 Å². The van der Waals surface area contributed by atoms with Gasteiger partial charge in [-0.3, -0.25) is 9.59 Å². The van der Waals surface area contributed by atoms with Gasteiger partial charge >= 0.3 is 0 Å². The van der Waals surface area contributed by atoms with E-state index in [0.717, 1.165) is 11.1 Å². The lowest BCUT2D eigenvalue weighted by Crippen LogP contribution is -2.50. The normalized spacial score (nSPS) is 11.9. The molecule has 31 heavy (non-hydrogen) atoms. The molecule has 2 aromatic rings. The summed E-state index contributed by atoms with van der Waals surface area (Å²) in [5.41, 5.74) is 1.82. The van der Waals surface area contributed by atoms with Crippen LogP contribution in [0, 0.1) is 11.7 Å². The minimum absolute atomic E-state index is 0.122. The van der Waals surface area contributed by atoms with Crippen LogP contribution < -0.4 is 5.32 Å². The van der Waals surface area contributed by atoms with Crippen LogP contribution in [0.4, 0.5) is 4.39 Å². The first-order valence-electron chi connectivity index (χ1n) is 10.4. The van der Waals surface area contributed by atoms with Crippen LogP contribution in [0.15, 0.2) is 48.5 Å². The highest BCUT2D eigenvalue weighted by Crippen LogP contribution is 2.19. The Morgan fingerprint density at radius 1 is 1.13 bits per heavy atom. The van der Waals surface area contributed by atoms with Crippen LogP contribution in [0.5, 0.6) is 0 Å². The van der Waals surface area contributed by atoms with Gasteiger partial charge in [-0.2, -0.15) is 0 Å². The molecule has 0 fully saturated rings. The van der Waals surface area contributed by atoms with Crippen molar-refractivity contribution in [3.63, 3.8) is 0 Å². The van der Waals surface area contributed by atoms with Crippen molar-refractivity contribution < 1.29 is 14.0 Å². The molecular weight excluding hydrogens is 435 g/mol. The number of thioether (sulfide) groups is 1. The van der Waals surface area contributed by atoms with E-state index >= 15 is 0 Å². The summed E-state index contributed by atoms with van der Waals surface area (Å²) in [5.74, 6) is 0.583. The molecule has 0 aromatic heterocycles. The summed E-state index contributed by atoms with van der Waals surface area (Å²) < 4.78 is 13.3. The monoisotopic (exact) mass is 464 g/mol. The molecule has 0 aliphatic rings. The third-order valence-electron chi connectivity index (χ3n) is 4.72. The van der Waals surface area contributed by atoms with E-state index in [9.17, 15) is 14.0 Å². The number of amides is 2. The number of halogens is 2. The Kier molecular flexibility index (Phi) is 10.3. The molecule has 2 amide bonds. The van der Waals surface area contributed by atoms with E-state index in [1.807, 2.05) is 45.0 Å². The van der Waals surface area contributed by atoms with Gasteiger partial charge in [-0.25, -0.2) is 4.39 Å². The van der Waals surface area contributed by atoms with E-state index in [-0.39, 0.29) is 29.9 Å². The van der Waals surface area contributed by atoms with Crippen LogP contribution in [0.25, 0.3) is 0 Å². The number of carbonyl (C=O) groups excluding carboxylic acids is 2. The van der Waals surface area contributed by atoms with E-state index in [1.165, 1.54) is 23.9 Å². The fraction of sp³-hybridized carbons (Fsp3) is 0.417. The van der Waals surface area contributed by atoms with Gasteiger partial charge < -0.3 is 10.2 Å². The van der Waals surface area contributed by atoms with Crippen LogP contribution in [-0.4, -0.2) is 35.1 Å². The Bertz CT molecular complexity index is 861. The molecule has 0 bridgehead atoms. The lowest BCUT2D eigenvalue weighted by Gasteiger charge is -2.31. The van der Waals surface area contributed by atoms with Gasteiger partial charge in [-0.1, -0.05) is 56.6 Å². The maximum atomic E-state index is 13.3. The molecule has 2 rings (SSSR count). The van der Waals surface area contributed by atoms with Crippen molar-refractivity contribution in [3.8, 4) is 0 Å². The summed E-state index contributed by atoms with van der Waals surface area (Å²) in [7, 11) is 0. The predicted octanol–water partition coefficient (Wildman–Crippen LogP) is 5.29. The molecule has 0 aliphatic carbocycles. The zero-order valence-electron chi connectivity index (χ0n) is 18.2. The number of hydrogen-bond acceptors (Lipinski definition) is 3. The van der Waals surface area contributed by atoms with Crippen molar-refractivity contribution in [2.24, 2.45) is 5.92 Å². The third-order valence-corrected chi connectivity index (χ3v) is 5.94.